The number of rotatable bonds is 9. The summed E-state index contributed by atoms with van der Waals surface area (Å²) in [6.07, 6.45) is 4.56. The lowest BCUT2D eigenvalue weighted by Crippen LogP contribution is -2.57. The Balaban J connectivity index is 2.55. The summed E-state index contributed by atoms with van der Waals surface area (Å²) in [6.45, 7) is 0.345. The van der Waals surface area contributed by atoms with Crippen molar-refractivity contribution < 1.29 is 20.1 Å². The van der Waals surface area contributed by atoms with Gasteiger partial charge in [-0.3, -0.25) is 4.79 Å². The van der Waals surface area contributed by atoms with E-state index in [4.69, 9.17) is 15.3 Å². The van der Waals surface area contributed by atoms with Crippen molar-refractivity contribution >= 4 is 5.91 Å². The van der Waals surface area contributed by atoms with E-state index in [0.29, 0.717) is 0 Å². The molecule has 0 aliphatic heterocycles. The van der Waals surface area contributed by atoms with Crippen molar-refractivity contribution in [3.63, 3.8) is 0 Å². The zero-order valence-corrected chi connectivity index (χ0v) is 11.6. The summed E-state index contributed by atoms with van der Waals surface area (Å²) in [7, 11) is 0. The first-order chi connectivity index (χ1) is 9.59. The minimum absolute atomic E-state index is 0.0825. The van der Waals surface area contributed by atoms with Gasteiger partial charge in [-0.2, -0.15) is 0 Å². The summed E-state index contributed by atoms with van der Waals surface area (Å²) in [5.74, 6) is -0.464. The van der Waals surface area contributed by atoms with Crippen molar-refractivity contribution in [3.05, 3.63) is 11.9 Å². The molecule has 20 heavy (non-hydrogen) atoms. The number of amides is 1. The third kappa shape index (κ3) is 4.55. The maximum absolute atomic E-state index is 11.8. The van der Waals surface area contributed by atoms with E-state index in [1.165, 1.54) is 4.68 Å². The molecule has 0 saturated heterocycles. The molecule has 0 aromatic carbocycles. The lowest BCUT2D eigenvalue weighted by molar-refractivity contribution is -0.126. The average Bonchev–Trinajstić information content (AvgIpc) is 2.90. The van der Waals surface area contributed by atoms with Crippen LogP contribution in [0.15, 0.2) is 6.20 Å². The number of unbranched alkanes of at least 4 members (excludes halogenated alkanes) is 1. The van der Waals surface area contributed by atoms with Crippen molar-refractivity contribution in [2.45, 2.75) is 38.3 Å². The van der Waals surface area contributed by atoms with Gasteiger partial charge in [0.05, 0.1) is 25.5 Å². The number of nitrogens with one attached hydrogen (secondary N) is 1. The van der Waals surface area contributed by atoms with E-state index in [2.05, 4.69) is 22.6 Å². The molecule has 0 bridgehead atoms. The fourth-order valence-corrected chi connectivity index (χ4v) is 1.64. The maximum atomic E-state index is 11.8. The number of aliphatic hydroxyl groups excluding tert-OH is 3. The van der Waals surface area contributed by atoms with Crippen LogP contribution in [0.4, 0.5) is 0 Å². The van der Waals surface area contributed by atoms with Gasteiger partial charge in [0.1, 0.15) is 12.1 Å². The molecule has 8 heteroatoms. The second-order valence-electron chi connectivity index (χ2n) is 4.81. The molecule has 0 aliphatic carbocycles. The molecule has 114 valence electrons. The van der Waals surface area contributed by atoms with Crippen molar-refractivity contribution in [1.29, 1.82) is 0 Å². The fraction of sp³-hybridized carbons (Fsp3) is 0.750. The van der Waals surface area contributed by atoms with Gasteiger partial charge in [-0.05, 0) is 12.8 Å². The number of aryl methyl sites for hydroxylation is 1. The highest BCUT2D eigenvalue weighted by molar-refractivity contribution is 5.76. The summed E-state index contributed by atoms with van der Waals surface area (Å²) in [4.78, 5) is 11.8. The number of aromatic nitrogens is 3. The Morgan fingerprint density at radius 1 is 1.35 bits per heavy atom. The first-order valence-electron chi connectivity index (χ1n) is 6.61. The summed E-state index contributed by atoms with van der Waals surface area (Å²) in [6, 6.07) is 0. The number of hydrogen-bond acceptors (Lipinski definition) is 6. The van der Waals surface area contributed by atoms with E-state index in [0.717, 1.165) is 25.0 Å². The third-order valence-electron chi connectivity index (χ3n) is 2.99. The highest BCUT2D eigenvalue weighted by atomic mass is 16.3. The molecule has 0 aliphatic rings. The number of nitrogens with zero attached hydrogens (tertiary/aromatic N) is 3. The summed E-state index contributed by atoms with van der Waals surface area (Å²) < 4.78 is 1.39. The molecule has 1 aromatic rings. The van der Waals surface area contributed by atoms with Crippen LogP contribution in [0.3, 0.4) is 0 Å². The van der Waals surface area contributed by atoms with E-state index in [9.17, 15) is 4.79 Å². The largest absolute Gasteiger partial charge is 0.394 e. The maximum Gasteiger partial charge on any atom is 0.242 e. The molecule has 1 rings (SSSR count). The van der Waals surface area contributed by atoms with E-state index < -0.39 is 31.3 Å². The van der Waals surface area contributed by atoms with Crippen LogP contribution in [0.1, 0.15) is 25.5 Å². The monoisotopic (exact) mass is 286 g/mol. The molecule has 0 fully saturated rings. The normalized spacial score (nSPS) is 11.6. The van der Waals surface area contributed by atoms with Crippen LogP contribution in [0.2, 0.25) is 0 Å². The van der Waals surface area contributed by atoms with Crippen LogP contribution in [-0.2, 0) is 17.8 Å². The van der Waals surface area contributed by atoms with Crippen LogP contribution < -0.4 is 5.32 Å². The molecule has 1 heterocycles. The first-order valence-corrected chi connectivity index (χ1v) is 6.61. The zero-order chi connectivity index (χ0) is 15.0. The molecule has 1 aromatic heterocycles. The molecule has 0 radical (unpaired) electrons. The van der Waals surface area contributed by atoms with Gasteiger partial charge in [0.15, 0.2) is 0 Å². The third-order valence-corrected chi connectivity index (χ3v) is 2.99. The predicted molar refractivity (Wildman–Crippen MR) is 70.8 cm³/mol. The van der Waals surface area contributed by atoms with E-state index in [1.807, 2.05) is 0 Å². The van der Waals surface area contributed by atoms with E-state index in [1.54, 1.807) is 6.20 Å². The van der Waals surface area contributed by atoms with Crippen molar-refractivity contribution in [2.75, 3.05) is 19.8 Å². The molecule has 8 nitrogen and oxygen atoms in total. The Morgan fingerprint density at radius 2 is 2.00 bits per heavy atom. The Hall–Kier alpha value is -1.51. The van der Waals surface area contributed by atoms with Gasteiger partial charge in [0.2, 0.25) is 5.91 Å². The number of aliphatic hydroxyl groups is 3. The van der Waals surface area contributed by atoms with E-state index in [-0.39, 0.29) is 6.54 Å². The minimum atomic E-state index is -1.41. The molecule has 0 spiro atoms. The average molecular weight is 286 g/mol. The van der Waals surface area contributed by atoms with Gasteiger partial charge in [-0.25, -0.2) is 4.68 Å². The molecule has 0 atom stereocenters. The van der Waals surface area contributed by atoms with Crippen LogP contribution in [-0.4, -0.2) is 61.6 Å². The van der Waals surface area contributed by atoms with Gasteiger partial charge in [0.25, 0.3) is 0 Å². The number of hydrogen-bond donors (Lipinski definition) is 4. The van der Waals surface area contributed by atoms with E-state index >= 15 is 0 Å². The molecule has 0 saturated carbocycles. The van der Waals surface area contributed by atoms with Crippen LogP contribution in [0.25, 0.3) is 0 Å². The number of carbonyl (C=O) groups is 1. The van der Waals surface area contributed by atoms with Crippen LogP contribution in [0.5, 0.6) is 0 Å². The fourth-order valence-electron chi connectivity index (χ4n) is 1.64. The van der Waals surface area contributed by atoms with Gasteiger partial charge < -0.3 is 20.6 Å². The van der Waals surface area contributed by atoms with Crippen molar-refractivity contribution in [2.24, 2.45) is 0 Å². The summed E-state index contributed by atoms with van der Waals surface area (Å²) in [5.41, 5.74) is -0.597. The SMILES string of the molecule is CCCCc1cn(CC(=O)NC(CO)(CO)CO)nn1. The van der Waals surface area contributed by atoms with Crippen LogP contribution in [0, 0.1) is 0 Å². The highest BCUT2D eigenvalue weighted by Gasteiger charge is 2.29. The molecule has 1 amide bonds. The Labute approximate surface area is 117 Å². The lowest BCUT2D eigenvalue weighted by atomic mass is 10.0. The van der Waals surface area contributed by atoms with Gasteiger partial charge in [-0.1, -0.05) is 18.6 Å². The second kappa shape index (κ2) is 7.93. The standard InChI is InChI=1S/C12H22N4O4/c1-2-3-4-10-5-16(15-14-10)6-11(20)13-12(7-17,8-18)9-19/h5,17-19H,2-4,6-9H2,1H3,(H,13,20). The van der Waals surface area contributed by atoms with Gasteiger partial charge >= 0.3 is 0 Å². The summed E-state index contributed by atoms with van der Waals surface area (Å²) in [5, 5.41) is 37.6. The highest BCUT2D eigenvalue weighted by Crippen LogP contribution is 2.03. The lowest BCUT2D eigenvalue weighted by Gasteiger charge is -2.28. The first kappa shape index (κ1) is 16.5. The molecule has 4 N–H and O–H groups in total. The number of carbonyl (C=O) groups excluding carboxylic acids is 1. The van der Waals surface area contributed by atoms with Gasteiger partial charge in [-0.15, -0.1) is 5.10 Å². The topological polar surface area (TPSA) is 121 Å². The Kier molecular flexibility index (Phi) is 6.56. The Bertz CT molecular complexity index is 409. The molecule has 0 unspecified atom stereocenters. The predicted octanol–water partition coefficient (Wildman–Crippen LogP) is -1.55. The molecular weight excluding hydrogens is 264 g/mol. The van der Waals surface area contributed by atoms with Crippen LogP contribution >= 0.6 is 0 Å². The minimum Gasteiger partial charge on any atom is -0.394 e. The van der Waals surface area contributed by atoms with Crippen molar-refractivity contribution in [1.82, 2.24) is 20.3 Å². The quantitative estimate of drug-likeness (QED) is 0.436. The zero-order valence-electron chi connectivity index (χ0n) is 11.6. The van der Waals surface area contributed by atoms with Gasteiger partial charge in [0, 0.05) is 6.20 Å². The molecular formula is C12H22N4O4. The second-order valence-corrected chi connectivity index (χ2v) is 4.81. The Morgan fingerprint density at radius 3 is 2.55 bits per heavy atom. The van der Waals surface area contributed by atoms with Crippen molar-refractivity contribution in [3.8, 4) is 0 Å². The smallest absolute Gasteiger partial charge is 0.242 e. The summed E-state index contributed by atoms with van der Waals surface area (Å²) >= 11 is 0.